The SMILES string of the molecule is O=C(O)c1cc(F)c(NCC(O)C(F)F)c(F)c1. The molecule has 0 saturated heterocycles. The summed E-state index contributed by atoms with van der Waals surface area (Å²) in [6, 6.07) is 1.09. The minimum absolute atomic E-state index is 0.544. The van der Waals surface area contributed by atoms with E-state index in [1.165, 1.54) is 0 Å². The first-order valence-corrected chi connectivity index (χ1v) is 4.75. The number of hydrogen-bond donors (Lipinski definition) is 3. The highest BCUT2D eigenvalue weighted by Gasteiger charge is 2.19. The van der Waals surface area contributed by atoms with E-state index in [2.05, 4.69) is 0 Å². The quantitative estimate of drug-likeness (QED) is 0.710. The number of anilines is 1. The van der Waals surface area contributed by atoms with Gasteiger partial charge in [-0.15, -0.1) is 0 Å². The largest absolute Gasteiger partial charge is 0.478 e. The lowest BCUT2D eigenvalue weighted by molar-refractivity contribution is 0.00378. The molecule has 0 aliphatic rings. The minimum Gasteiger partial charge on any atom is -0.478 e. The zero-order valence-corrected chi connectivity index (χ0v) is 8.83. The molecule has 0 aliphatic heterocycles. The van der Waals surface area contributed by atoms with E-state index in [-0.39, 0.29) is 0 Å². The second-order valence-electron chi connectivity index (χ2n) is 3.40. The summed E-state index contributed by atoms with van der Waals surface area (Å²) < 4.78 is 50.5. The Labute approximate surface area is 98.9 Å². The van der Waals surface area contributed by atoms with Gasteiger partial charge >= 0.3 is 5.97 Å². The highest BCUT2D eigenvalue weighted by Crippen LogP contribution is 2.21. The van der Waals surface area contributed by atoms with Crippen LogP contribution in [0.15, 0.2) is 12.1 Å². The van der Waals surface area contributed by atoms with Crippen LogP contribution in [0.4, 0.5) is 23.2 Å². The van der Waals surface area contributed by atoms with E-state index >= 15 is 0 Å². The summed E-state index contributed by atoms with van der Waals surface area (Å²) in [6.07, 6.45) is -5.13. The van der Waals surface area contributed by atoms with Crippen molar-refractivity contribution in [3.63, 3.8) is 0 Å². The van der Waals surface area contributed by atoms with Gasteiger partial charge in [-0.05, 0) is 12.1 Å². The van der Waals surface area contributed by atoms with Crippen molar-refractivity contribution in [2.75, 3.05) is 11.9 Å². The number of hydrogen-bond acceptors (Lipinski definition) is 3. The fraction of sp³-hybridized carbons (Fsp3) is 0.300. The van der Waals surface area contributed by atoms with E-state index < -0.39 is 47.9 Å². The van der Waals surface area contributed by atoms with E-state index in [1.807, 2.05) is 5.32 Å². The Morgan fingerprint density at radius 1 is 1.28 bits per heavy atom. The van der Waals surface area contributed by atoms with Crippen molar-refractivity contribution >= 4 is 11.7 Å². The van der Waals surface area contributed by atoms with Crippen molar-refractivity contribution in [3.8, 4) is 0 Å². The van der Waals surface area contributed by atoms with Crippen molar-refractivity contribution in [2.45, 2.75) is 12.5 Å². The third-order valence-corrected chi connectivity index (χ3v) is 2.07. The van der Waals surface area contributed by atoms with Gasteiger partial charge in [-0.3, -0.25) is 0 Å². The number of aliphatic hydroxyl groups is 1. The summed E-state index contributed by atoms with van der Waals surface area (Å²) in [6.45, 7) is -0.766. The van der Waals surface area contributed by atoms with Gasteiger partial charge in [0, 0.05) is 6.54 Å². The number of aromatic carboxylic acids is 1. The first kappa shape index (κ1) is 14.2. The Kier molecular flexibility index (Phi) is 4.49. The molecule has 100 valence electrons. The highest BCUT2D eigenvalue weighted by atomic mass is 19.3. The van der Waals surface area contributed by atoms with Crippen LogP contribution in [-0.4, -0.2) is 35.3 Å². The van der Waals surface area contributed by atoms with Gasteiger partial charge in [-0.1, -0.05) is 0 Å². The summed E-state index contributed by atoms with van der Waals surface area (Å²) in [7, 11) is 0. The molecule has 4 nitrogen and oxygen atoms in total. The Bertz CT molecular complexity index is 430. The van der Waals surface area contributed by atoms with Crippen LogP contribution in [0, 0.1) is 11.6 Å². The first-order valence-electron chi connectivity index (χ1n) is 4.75. The molecular formula is C10H9F4NO3. The molecule has 0 fully saturated rings. The number of carboxylic acid groups (broad SMARTS) is 1. The molecular weight excluding hydrogens is 258 g/mol. The molecule has 8 heteroatoms. The Morgan fingerprint density at radius 2 is 1.78 bits per heavy atom. The molecule has 0 aromatic heterocycles. The fourth-order valence-electron chi connectivity index (χ4n) is 1.16. The maximum atomic E-state index is 13.3. The number of halogens is 4. The smallest absolute Gasteiger partial charge is 0.335 e. The van der Waals surface area contributed by atoms with E-state index in [4.69, 9.17) is 10.2 Å². The van der Waals surface area contributed by atoms with E-state index in [0.29, 0.717) is 12.1 Å². The maximum Gasteiger partial charge on any atom is 0.335 e. The molecule has 1 aromatic carbocycles. The van der Waals surface area contributed by atoms with Crippen LogP contribution < -0.4 is 5.32 Å². The molecule has 0 amide bonds. The molecule has 1 atom stereocenters. The molecule has 1 rings (SSSR count). The number of aliphatic hydroxyl groups excluding tert-OH is 1. The van der Waals surface area contributed by atoms with Crippen molar-refractivity contribution in [2.24, 2.45) is 0 Å². The molecule has 0 bridgehead atoms. The Balaban J connectivity index is 2.87. The summed E-state index contributed by atoms with van der Waals surface area (Å²) in [5.41, 5.74) is -1.37. The minimum atomic E-state index is -3.05. The van der Waals surface area contributed by atoms with Crippen LogP contribution in [0.25, 0.3) is 0 Å². The van der Waals surface area contributed by atoms with Crippen LogP contribution in [0.5, 0.6) is 0 Å². The average molecular weight is 267 g/mol. The third kappa shape index (κ3) is 3.33. The molecule has 0 radical (unpaired) electrons. The van der Waals surface area contributed by atoms with Crippen LogP contribution >= 0.6 is 0 Å². The normalized spacial score (nSPS) is 12.6. The second kappa shape index (κ2) is 5.67. The fourth-order valence-corrected chi connectivity index (χ4v) is 1.16. The van der Waals surface area contributed by atoms with E-state index in [0.717, 1.165) is 0 Å². The van der Waals surface area contributed by atoms with Gasteiger partial charge in [0.05, 0.1) is 5.56 Å². The predicted molar refractivity (Wildman–Crippen MR) is 53.8 cm³/mol. The van der Waals surface area contributed by atoms with E-state index in [1.54, 1.807) is 0 Å². The number of benzene rings is 1. The van der Waals surface area contributed by atoms with Gasteiger partial charge in [0.25, 0.3) is 6.43 Å². The predicted octanol–water partition coefficient (Wildman–Crippen LogP) is 1.70. The van der Waals surface area contributed by atoms with Crippen LogP contribution in [-0.2, 0) is 0 Å². The average Bonchev–Trinajstić information content (AvgIpc) is 2.26. The monoisotopic (exact) mass is 267 g/mol. The van der Waals surface area contributed by atoms with Crippen molar-refractivity contribution in [3.05, 3.63) is 29.3 Å². The van der Waals surface area contributed by atoms with Crippen molar-refractivity contribution < 1.29 is 32.6 Å². The summed E-state index contributed by atoms with van der Waals surface area (Å²) >= 11 is 0. The first-order chi connectivity index (χ1) is 8.32. The molecule has 0 aliphatic carbocycles. The molecule has 0 spiro atoms. The number of rotatable bonds is 5. The van der Waals surface area contributed by atoms with E-state index in [9.17, 15) is 22.4 Å². The van der Waals surface area contributed by atoms with Crippen LogP contribution in [0.1, 0.15) is 10.4 Å². The molecule has 18 heavy (non-hydrogen) atoms. The number of carboxylic acids is 1. The molecule has 0 saturated carbocycles. The number of alkyl halides is 2. The molecule has 0 heterocycles. The van der Waals surface area contributed by atoms with Gasteiger partial charge in [-0.25, -0.2) is 22.4 Å². The Hall–Kier alpha value is -1.83. The van der Waals surface area contributed by atoms with Crippen molar-refractivity contribution in [1.82, 2.24) is 0 Å². The van der Waals surface area contributed by atoms with Crippen LogP contribution in [0.3, 0.4) is 0 Å². The molecule has 1 aromatic rings. The highest BCUT2D eigenvalue weighted by molar-refractivity contribution is 5.88. The zero-order valence-electron chi connectivity index (χ0n) is 8.83. The lowest BCUT2D eigenvalue weighted by atomic mass is 10.2. The lowest BCUT2D eigenvalue weighted by Gasteiger charge is -2.13. The maximum absolute atomic E-state index is 13.3. The number of nitrogens with one attached hydrogen (secondary N) is 1. The standard InChI is InChI=1S/C10H9F4NO3/c11-5-1-4(10(17)18)2-6(12)8(5)15-3-7(16)9(13)14/h1-2,7,9,15-16H,3H2,(H,17,18). The zero-order chi connectivity index (χ0) is 13.9. The molecule has 3 N–H and O–H groups in total. The number of carbonyl (C=O) groups is 1. The topological polar surface area (TPSA) is 69.6 Å². The van der Waals surface area contributed by atoms with Gasteiger partial charge in [-0.2, -0.15) is 0 Å². The van der Waals surface area contributed by atoms with Gasteiger partial charge < -0.3 is 15.5 Å². The lowest BCUT2D eigenvalue weighted by Crippen LogP contribution is -2.27. The Morgan fingerprint density at radius 3 is 2.17 bits per heavy atom. The van der Waals surface area contributed by atoms with Crippen LogP contribution in [0.2, 0.25) is 0 Å². The summed E-state index contributed by atoms with van der Waals surface area (Å²) in [5.74, 6) is -4.00. The summed E-state index contributed by atoms with van der Waals surface area (Å²) in [5, 5.41) is 19.2. The summed E-state index contributed by atoms with van der Waals surface area (Å²) in [4.78, 5) is 10.5. The second-order valence-corrected chi connectivity index (χ2v) is 3.40. The van der Waals surface area contributed by atoms with Gasteiger partial charge in [0.15, 0.2) is 0 Å². The van der Waals surface area contributed by atoms with Crippen molar-refractivity contribution in [1.29, 1.82) is 0 Å². The molecule has 1 unspecified atom stereocenters. The van der Waals surface area contributed by atoms with Gasteiger partial charge in [0.2, 0.25) is 0 Å². The van der Waals surface area contributed by atoms with Gasteiger partial charge in [0.1, 0.15) is 23.4 Å². The third-order valence-electron chi connectivity index (χ3n) is 2.07.